The fraction of sp³-hybridized carbons (Fsp3) is 0.667. The molecule has 0 spiro atoms. The number of aliphatic imine (C=N–C) groups is 1. The number of unbranched alkanes of at least 4 members (excludes halogenated alkanes) is 3. The molecule has 1 aromatic heterocycles. The average molecular weight is 481 g/mol. The van der Waals surface area contributed by atoms with Crippen LogP contribution in [0.25, 0.3) is 0 Å². The van der Waals surface area contributed by atoms with E-state index < -0.39 is 0 Å². The monoisotopic (exact) mass is 481 g/mol. The van der Waals surface area contributed by atoms with Crippen molar-refractivity contribution in [1.82, 2.24) is 10.6 Å². The zero-order valence-corrected chi connectivity index (χ0v) is 18.9. The van der Waals surface area contributed by atoms with Gasteiger partial charge in [0.25, 0.3) is 0 Å². The first-order chi connectivity index (χ1) is 11.4. The number of carbonyl (C=O) groups is 1. The van der Waals surface area contributed by atoms with Gasteiger partial charge in [0, 0.05) is 26.6 Å². The first-order valence-corrected chi connectivity index (χ1v) is 9.52. The van der Waals surface area contributed by atoms with Crippen molar-refractivity contribution in [2.24, 2.45) is 4.99 Å². The highest BCUT2D eigenvalue weighted by atomic mass is 127. The lowest BCUT2D eigenvalue weighted by Crippen LogP contribution is -2.37. The Balaban J connectivity index is 0.00000576. The number of nitrogens with zero attached hydrogens (tertiary/aromatic N) is 1. The molecule has 0 saturated carbocycles. The molecule has 0 bridgehead atoms. The molecule has 1 rings (SSSR count). The van der Waals surface area contributed by atoms with E-state index in [9.17, 15) is 4.79 Å². The Morgan fingerprint density at radius 3 is 2.52 bits per heavy atom. The van der Waals surface area contributed by atoms with Crippen LogP contribution >= 0.6 is 35.3 Å². The summed E-state index contributed by atoms with van der Waals surface area (Å²) in [5.74, 6) is 0.730. The minimum absolute atomic E-state index is 0. The lowest BCUT2D eigenvalue weighted by atomic mass is 10.1. The van der Waals surface area contributed by atoms with Gasteiger partial charge >= 0.3 is 5.97 Å². The molecule has 0 saturated heterocycles. The van der Waals surface area contributed by atoms with Gasteiger partial charge in [0.15, 0.2) is 5.96 Å². The topological polar surface area (TPSA) is 62.7 Å². The molecule has 0 atom stereocenters. The van der Waals surface area contributed by atoms with Crippen molar-refractivity contribution < 1.29 is 9.53 Å². The standard InChI is InChI=1S/C18H31N3O2S.HI/c1-18(2,3)23-16(22)9-7-5-6-8-11-20-17(19-4)21-13-15-10-12-24-14-15;/h10,12,14H,5-9,11,13H2,1-4H3,(H2,19,20,21);1H. The van der Waals surface area contributed by atoms with Crippen LogP contribution in [0.3, 0.4) is 0 Å². The number of hydrogen-bond acceptors (Lipinski definition) is 4. The van der Waals surface area contributed by atoms with E-state index in [0.717, 1.165) is 44.7 Å². The molecule has 25 heavy (non-hydrogen) atoms. The van der Waals surface area contributed by atoms with Gasteiger partial charge in [-0.25, -0.2) is 0 Å². The van der Waals surface area contributed by atoms with E-state index in [4.69, 9.17) is 4.74 Å². The maximum atomic E-state index is 11.6. The van der Waals surface area contributed by atoms with Gasteiger partial charge < -0.3 is 15.4 Å². The highest BCUT2D eigenvalue weighted by molar-refractivity contribution is 14.0. The second-order valence-corrected chi connectivity index (χ2v) is 7.51. The number of rotatable bonds is 9. The van der Waals surface area contributed by atoms with E-state index in [2.05, 4.69) is 32.5 Å². The molecule has 1 heterocycles. The van der Waals surface area contributed by atoms with Crippen molar-refractivity contribution in [2.75, 3.05) is 13.6 Å². The smallest absolute Gasteiger partial charge is 0.306 e. The van der Waals surface area contributed by atoms with Gasteiger partial charge in [-0.2, -0.15) is 11.3 Å². The van der Waals surface area contributed by atoms with Crippen molar-refractivity contribution >= 4 is 47.2 Å². The van der Waals surface area contributed by atoms with Crippen LogP contribution in [0.15, 0.2) is 21.8 Å². The Labute approximate surface area is 173 Å². The van der Waals surface area contributed by atoms with Crippen LogP contribution in [-0.4, -0.2) is 31.1 Å². The number of halogens is 1. The zero-order valence-electron chi connectivity index (χ0n) is 15.8. The molecule has 0 fully saturated rings. The lowest BCUT2D eigenvalue weighted by Gasteiger charge is -2.19. The van der Waals surface area contributed by atoms with E-state index in [1.54, 1.807) is 18.4 Å². The summed E-state index contributed by atoms with van der Waals surface area (Å²) >= 11 is 1.70. The van der Waals surface area contributed by atoms with Gasteiger partial charge in [-0.3, -0.25) is 9.79 Å². The highest BCUT2D eigenvalue weighted by Gasteiger charge is 2.15. The van der Waals surface area contributed by atoms with E-state index in [0.29, 0.717) is 6.42 Å². The highest BCUT2D eigenvalue weighted by Crippen LogP contribution is 2.11. The summed E-state index contributed by atoms with van der Waals surface area (Å²) in [4.78, 5) is 15.8. The Kier molecular flexibility index (Phi) is 12.9. The largest absolute Gasteiger partial charge is 0.460 e. The molecule has 1 aromatic rings. The average Bonchev–Trinajstić information content (AvgIpc) is 3.00. The second kappa shape index (κ2) is 13.4. The van der Waals surface area contributed by atoms with Crippen LogP contribution in [0.4, 0.5) is 0 Å². The van der Waals surface area contributed by atoms with Crippen molar-refractivity contribution in [3.8, 4) is 0 Å². The summed E-state index contributed by atoms with van der Waals surface area (Å²) in [6.07, 6.45) is 4.60. The molecular weight excluding hydrogens is 449 g/mol. The lowest BCUT2D eigenvalue weighted by molar-refractivity contribution is -0.154. The predicted molar refractivity (Wildman–Crippen MR) is 117 cm³/mol. The van der Waals surface area contributed by atoms with Gasteiger partial charge in [0.05, 0.1) is 0 Å². The molecule has 144 valence electrons. The molecule has 5 nitrogen and oxygen atoms in total. The number of guanidine groups is 1. The third-order valence-electron chi connectivity index (χ3n) is 3.28. The molecule has 7 heteroatoms. The van der Waals surface area contributed by atoms with Crippen molar-refractivity contribution in [2.45, 2.75) is 65.0 Å². The van der Waals surface area contributed by atoms with Crippen LogP contribution < -0.4 is 10.6 Å². The summed E-state index contributed by atoms with van der Waals surface area (Å²) in [7, 11) is 1.78. The maximum absolute atomic E-state index is 11.6. The van der Waals surface area contributed by atoms with Gasteiger partial charge in [-0.1, -0.05) is 12.8 Å². The van der Waals surface area contributed by atoms with Crippen LogP contribution in [0.2, 0.25) is 0 Å². The van der Waals surface area contributed by atoms with Crippen molar-refractivity contribution in [3.05, 3.63) is 22.4 Å². The van der Waals surface area contributed by atoms with Gasteiger partial charge in [0.2, 0.25) is 0 Å². The quantitative estimate of drug-likeness (QED) is 0.181. The number of carbonyl (C=O) groups excluding carboxylic acids is 1. The number of nitrogens with one attached hydrogen (secondary N) is 2. The number of ether oxygens (including phenoxy) is 1. The van der Waals surface area contributed by atoms with Gasteiger partial charge in [-0.15, -0.1) is 24.0 Å². The zero-order chi connectivity index (χ0) is 17.8. The molecule has 0 aliphatic heterocycles. The van der Waals surface area contributed by atoms with Gasteiger partial charge in [-0.05, 0) is 56.0 Å². The fourth-order valence-electron chi connectivity index (χ4n) is 2.15. The summed E-state index contributed by atoms with van der Waals surface area (Å²) in [5.41, 5.74) is 0.887. The van der Waals surface area contributed by atoms with Crippen LogP contribution in [0.5, 0.6) is 0 Å². The molecule has 0 aliphatic carbocycles. The van der Waals surface area contributed by atoms with Crippen LogP contribution in [0, 0.1) is 0 Å². The van der Waals surface area contributed by atoms with Crippen LogP contribution in [-0.2, 0) is 16.1 Å². The van der Waals surface area contributed by atoms with E-state index in [-0.39, 0.29) is 35.5 Å². The van der Waals surface area contributed by atoms with Crippen LogP contribution in [0.1, 0.15) is 58.4 Å². The summed E-state index contributed by atoms with van der Waals surface area (Å²) in [5, 5.41) is 10.8. The SMILES string of the molecule is CN=C(NCCCCCCC(=O)OC(C)(C)C)NCc1ccsc1.I. The Morgan fingerprint density at radius 2 is 1.92 bits per heavy atom. The number of thiophene rings is 1. The minimum atomic E-state index is -0.382. The normalized spacial score (nSPS) is 11.6. The molecule has 0 unspecified atom stereocenters. The first kappa shape index (κ1) is 24.2. The third kappa shape index (κ3) is 13.1. The fourth-order valence-corrected chi connectivity index (χ4v) is 2.82. The molecule has 0 amide bonds. The Morgan fingerprint density at radius 1 is 1.20 bits per heavy atom. The molecule has 0 aliphatic rings. The number of esters is 1. The molecule has 0 radical (unpaired) electrons. The minimum Gasteiger partial charge on any atom is -0.460 e. The third-order valence-corrected chi connectivity index (χ3v) is 4.02. The van der Waals surface area contributed by atoms with Gasteiger partial charge in [0.1, 0.15) is 5.60 Å². The van der Waals surface area contributed by atoms with E-state index >= 15 is 0 Å². The number of hydrogen-bond donors (Lipinski definition) is 2. The maximum Gasteiger partial charge on any atom is 0.306 e. The van der Waals surface area contributed by atoms with E-state index in [1.807, 2.05) is 20.8 Å². The Hall–Kier alpha value is -0.830. The summed E-state index contributed by atoms with van der Waals surface area (Å²) in [6.45, 7) is 7.37. The first-order valence-electron chi connectivity index (χ1n) is 8.58. The summed E-state index contributed by atoms with van der Waals surface area (Å²) < 4.78 is 5.29. The predicted octanol–water partition coefficient (Wildman–Crippen LogP) is 4.32. The molecule has 0 aromatic carbocycles. The summed E-state index contributed by atoms with van der Waals surface area (Å²) in [6, 6.07) is 2.11. The van der Waals surface area contributed by atoms with Crippen molar-refractivity contribution in [3.63, 3.8) is 0 Å². The molecule has 2 N–H and O–H groups in total. The Bertz CT molecular complexity index is 499. The van der Waals surface area contributed by atoms with E-state index in [1.165, 1.54) is 5.56 Å². The second-order valence-electron chi connectivity index (χ2n) is 6.73. The van der Waals surface area contributed by atoms with Crippen molar-refractivity contribution in [1.29, 1.82) is 0 Å². The molecular formula is C18H32IN3O2S.